The molecule has 1 aromatic heterocycles. The fourth-order valence-corrected chi connectivity index (χ4v) is 2.57. The predicted octanol–water partition coefficient (Wildman–Crippen LogP) is 3.90. The minimum absolute atomic E-state index is 0.485. The molecule has 2 rings (SSSR count). The van der Waals surface area contributed by atoms with Crippen LogP contribution in [-0.4, -0.2) is 16.5 Å². The third-order valence-electron chi connectivity index (χ3n) is 2.33. The van der Waals surface area contributed by atoms with Gasteiger partial charge in [0, 0.05) is 17.2 Å². The zero-order valence-electron chi connectivity index (χ0n) is 10.4. The van der Waals surface area contributed by atoms with Crippen molar-refractivity contribution in [2.75, 3.05) is 6.54 Å². The summed E-state index contributed by atoms with van der Waals surface area (Å²) in [6.45, 7) is 3.62. The molecule has 0 aliphatic carbocycles. The first-order chi connectivity index (χ1) is 9.19. The van der Waals surface area contributed by atoms with Crippen LogP contribution in [-0.2, 0) is 6.54 Å². The van der Waals surface area contributed by atoms with Crippen LogP contribution in [0.4, 0.5) is 0 Å². The minimum atomic E-state index is 0.485. The van der Waals surface area contributed by atoms with Gasteiger partial charge in [-0.1, -0.05) is 22.9 Å². The number of rotatable bonds is 5. The molecule has 19 heavy (non-hydrogen) atoms. The molecule has 0 aliphatic heterocycles. The van der Waals surface area contributed by atoms with Crippen LogP contribution in [0.1, 0.15) is 12.6 Å². The van der Waals surface area contributed by atoms with Gasteiger partial charge in [0.2, 0.25) is 5.88 Å². The zero-order valence-corrected chi connectivity index (χ0v) is 13.5. The van der Waals surface area contributed by atoms with Crippen LogP contribution in [0.3, 0.4) is 0 Å². The Morgan fingerprint density at radius 2 is 2.11 bits per heavy atom. The van der Waals surface area contributed by atoms with E-state index in [1.807, 2.05) is 25.1 Å². The molecule has 0 amide bonds. The van der Waals surface area contributed by atoms with Crippen molar-refractivity contribution in [3.63, 3.8) is 0 Å². The first-order valence-electron chi connectivity index (χ1n) is 5.83. The standard InChI is InChI=1S/C13H13Br2N3O/c1-2-16-6-10-7-17-8-13(18-10)19-12-4-3-9(14)5-11(12)15/h3-5,7-8,16H,2,6H2,1H3. The summed E-state index contributed by atoms with van der Waals surface area (Å²) in [7, 11) is 0. The summed E-state index contributed by atoms with van der Waals surface area (Å²) < 4.78 is 7.56. The van der Waals surface area contributed by atoms with Gasteiger partial charge < -0.3 is 10.1 Å². The summed E-state index contributed by atoms with van der Waals surface area (Å²) in [5.74, 6) is 1.19. The summed E-state index contributed by atoms with van der Waals surface area (Å²) >= 11 is 6.85. The first-order valence-corrected chi connectivity index (χ1v) is 7.42. The third kappa shape index (κ3) is 4.26. The molecular weight excluding hydrogens is 374 g/mol. The first kappa shape index (κ1) is 14.4. The summed E-state index contributed by atoms with van der Waals surface area (Å²) in [6.07, 6.45) is 3.33. The van der Waals surface area contributed by atoms with Crippen LogP contribution in [0.15, 0.2) is 39.5 Å². The molecular formula is C13H13Br2N3O. The molecule has 0 saturated carbocycles. The fraction of sp³-hybridized carbons (Fsp3) is 0.231. The van der Waals surface area contributed by atoms with Gasteiger partial charge in [-0.3, -0.25) is 4.98 Å². The van der Waals surface area contributed by atoms with E-state index in [0.717, 1.165) is 21.2 Å². The maximum atomic E-state index is 5.72. The maximum absolute atomic E-state index is 5.72. The molecule has 100 valence electrons. The molecule has 4 nitrogen and oxygen atoms in total. The molecule has 2 aromatic rings. The summed E-state index contributed by atoms with van der Waals surface area (Å²) in [6, 6.07) is 5.70. The number of nitrogens with one attached hydrogen (secondary N) is 1. The highest BCUT2D eigenvalue weighted by Gasteiger charge is 2.05. The van der Waals surface area contributed by atoms with Crippen molar-refractivity contribution in [3.8, 4) is 11.6 Å². The van der Waals surface area contributed by atoms with Gasteiger partial charge in [-0.25, -0.2) is 4.98 Å². The van der Waals surface area contributed by atoms with Crippen molar-refractivity contribution in [1.82, 2.24) is 15.3 Å². The Bertz CT molecular complexity index is 563. The van der Waals surface area contributed by atoms with E-state index in [1.165, 1.54) is 0 Å². The second-order valence-corrected chi connectivity index (χ2v) is 5.58. The SMILES string of the molecule is CCNCc1cncc(Oc2ccc(Br)cc2Br)n1. The van der Waals surface area contributed by atoms with Gasteiger partial charge in [0.1, 0.15) is 5.75 Å². The zero-order chi connectivity index (χ0) is 13.7. The van der Waals surface area contributed by atoms with E-state index in [1.54, 1.807) is 12.4 Å². The van der Waals surface area contributed by atoms with Crippen molar-refractivity contribution in [3.05, 3.63) is 45.2 Å². The fourth-order valence-electron chi connectivity index (χ4n) is 1.44. The Labute approximate surface area is 128 Å². The van der Waals surface area contributed by atoms with Crippen LogP contribution in [0.25, 0.3) is 0 Å². The molecule has 1 heterocycles. The van der Waals surface area contributed by atoms with Crippen molar-refractivity contribution >= 4 is 31.9 Å². The number of aromatic nitrogens is 2. The van der Waals surface area contributed by atoms with Gasteiger partial charge in [-0.2, -0.15) is 0 Å². The largest absolute Gasteiger partial charge is 0.436 e. The molecule has 0 atom stereocenters. The van der Waals surface area contributed by atoms with Crippen molar-refractivity contribution in [2.45, 2.75) is 13.5 Å². The molecule has 6 heteroatoms. The van der Waals surface area contributed by atoms with Gasteiger partial charge in [0.25, 0.3) is 0 Å². The van der Waals surface area contributed by atoms with Gasteiger partial charge >= 0.3 is 0 Å². The van der Waals surface area contributed by atoms with E-state index >= 15 is 0 Å². The van der Waals surface area contributed by atoms with Gasteiger partial charge in [-0.15, -0.1) is 0 Å². The number of halogens is 2. The second-order valence-electron chi connectivity index (χ2n) is 3.81. The Hall–Kier alpha value is -0.980. The molecule has 0 unspecified atom stereocenters. The highest BCUT2D eigenvalue weighted by atomic mass is 79.9. The van der Waals surface area contributed by atoms with Crippen LogP contribution in [0, 0.1) is 0 Å². The smallest absolute Gasteiger partial charge is 0.238 e. The molecule has 0 aliphatic rings. The van der Waals surface area contributed by atoms with E-state index in [0.29, 0.717) is 18.2 Å². The van der Waals surface area contributed by atoms with Crippen LogP contribution < -0.4 is 10.1 Å². The number of benzene rings is 1. The van der Waals surface area contributed by atoms with E-state index in [-0.39, 0.29) is 0 Å². The van der Waals surface area contributed by atoms with E-state index < -0.39 is 0 Å². The Morgan fingerprint density at radius 1 is 1.26 bits per heavy atom. The molecule has 0 fully saturated rings. The van der Waals surface area contributed by atoms with Crippen LogP contribution in [0.2, 0.25) is 0 Å². The highest BCUT2D eigenvalue weighted by Crippen LogP contribution is 2.31. The average molecular weight is 387 g/mol. The van der Waals surface area contributed by atoms with Gasteiger partial charge in [-0.05, 0) is 40.7 Å². The van der Waals surface area contributed by atoms with Gasteiger partial charge in [0.05, 0.1) is 16.4 Å². The minimum Gasteiger partial charge on any atom is -0.436 e. The maximum Gasteiger partial charge on any atom is 0.238 e. The second kappa shape index (κ2) is 6.98. The molecule has 0 bridgehead atoms. The van der Waals surface area contributed by atoms with E-state index in [2.05, 4.69) is 47.1 Å². The Morgan fingerprint density at radius 3 is 2.84 bits per heavy atom. The predicted molar refractivity (Wildman–Crippen MR) is 81.3 cm³/mol. The quantitative estimate of drug-likeness (QED) is 0.846. The topological polar surface area (TPSA) is 47.0 Å². The monoisotopic (exact) mass is 385 g/mol. The number of ether oxygens (including phenoxy) is 1. The van der Waals surface area contributed by atoms with Crippen molar-refractivity contribution < 1.29 is 4.74 Å². The summed E-state index contributed by atoms with van der Waals surface area (Å²) in [5.41, 5.74) is 0.854. The van der Waals surface area contributed by atoms with E-state index in [4.69, 9.17) is 4.74 Å². The Balaban J connectivity index is 2.14. The lowest BCUT2D eigenvalue weighted by Crippen LogP contribution is -2.13. The van der Waals surface area contributed by atoms with E-state index in [9.17, 15) is 0 Å². The number of hydrogen-bond acceptors (Lipinski definition) is 4. The third-order valence-corrected chi connectivity index (χ3v) is 3.44. The summed E-state index contributed by atoms with van der Waals surface area (Å²) in [5, 5.41) is 3.20. The Kier molecular flexibility index (Phi) is 5.30. The normalized spacial score (nSPS) is 10.5. The van der Waals surface area contributed by atoms with Crippen molar-refractivity contribution in [2.24, 2.45) is 0 Å². The van der Waals surface area contributed by atoms with Gasteiger partial charge in [0.15, 0.2) is 0 Å². The van der Waals surface area contributed by atoms with Crippen LogP contribution in [0.5, 0.6) is 11.6 Å². The number of hydrogen-bond donors (Lipinski definition) is 1. The summed E-state index contributed by atoms with van der Waals surface area (Å²) in [4.78, 5) is 8.52. The van der Waals surface area contributed by atoms with Crippen molar-refractivity contribution in [1.29, 1.82) is 0 Å². The lowest BCUT2D eigenvalue weighted by atomic mass is 10.3. The number of nitrogens with zero attached hydrogens (tertiary/aromatic N) is 2. The van der Waals surface area contributed by atoms with Crippen LogP contribution >= 0.6 is 31.9 Å². The molecule has 0 spiro atoms. The lowest BCUT2D eigenvalue weighted by Gasteiger charge is -2.08. The lowest BCUT2D eigenvalue weighted by molar-refractivity contribution is 0.453. The average Bonchev–Trinajstić information content (AvgIpc) is 2.40. The highest BCUT2D eigenvalue weighted by molar-refractivity contribution is 9.11. The molecule has 0 saturated heterocycles. The molecule has 0 radical (unpaired) electrons. The molecule has 1 aromatic carbocycles. The molecule has 1 N–H and O–H groups in total.